The summed E-state index contributed by atoms with van der Waals surface area (Å²) in [7, 11) is 1.33. The molecule has 2 heterocycles. The maximum Gasteiger partial charge on any atom is 0.307 e. The van der Waals surface area contributed by atoms with Gasteiger partial charge in [0.25, 0.3) is 0 Å². The smallest absolute Gasteiger partial charge is 0.307 e. The number of carbonyl (C=O) groups is 3. The number of benzene rings is 2. The quantitative estimate of drug-likeness (QED) is 0.640. The Bertz CT molecular complexity index is 957. The van der Waals surface area contributed by atoms with Crippen LogP contribution in [0.15, 0.2) is 54.6 Å². The molecule has 4 rings (SSSR count). The van der Waals surface area contributed by atoms with Gasteiger partial charge in [-0.1, -0.05) is 48.0 Å². The first-order valence-electron chi connectivity index (χ1n) is 9.69. The van der Waals surface area contributed by atoms with Crippen LogP contribution in [0.2, 0.25) is 0 Å². The fourth-order valence-corrected chi connectivity index (χ4v) is 4.66. The van der Waals surface area contributed by atoms with Crippen molar-refractivity contribution in [1.82, 2.24) is 5.32 Å². The Morgan fingerprint density at radius 2 is 1.72 bits per heavy atom. The van der Waals surface area contributed by atoms with Gasteiger partial charge in [0.05, 0.1) is 31.1 Å². The van der Waals surface area contributed by atoms with Crippen molar-refractivity contribution >= 4 is 23.5 Å². The monoisotopic (exact) mass is 392 g/mol. The van der Waals surface area contributed by atoms with E-state index in [0.717, 1.165) is 11.1 Å². The van der Waals surface area contributed by atoms with Crippen LogP contribution in [0.5, 0.6) is 0 Å². The molecule has 4 atom stereocenters. The molecule has 6 heteroatoms. The number of aryl methyl sites for hydroxylation is 1. The molecule has 2 aromatic carbocycles. The number of ether oxygens (including phenoxy) is 1. The van der Waals surface area contributed by atoms with Gasteiger partial charge >= 0.3 is 5.97 Å². The van der Waals surface area contributed by atoms with E-state index in [1.807, 2.05) is 44.2 Å². The zero-order valence-electron chi connectivity index (χ0n) is 16.7. The summed E-state index contributed by atoms with van der Waals surface area (Å²) in [5.74, 6) is -2.17. The van der Waals surface area contributed by atoms with E-state index in [4.69, 9.17) is 4.74 Å². The molecule has 2 amide bonds. The van der Waals surface area contributed by atoms with E-state index >= 15 is 0 Å². The SMILES string of the molecule is COC(=O)C[C@]1(C)N[C@H](c2ccc(C)cc2)[C@@H]2C(=O)N(c3ccccc3)C(=O)[C@@H]21. The number of hydrogen-bond donors (Lipinski definition) is 1. The molecule has 0 spiro atoms. The molecular formula is C23H24N2O4. The average Bonchev–Trinajstić information content (AvgIpc) is 3.16. The van der Waals surface area contributed by atoms with E-state index in [2.05, 4.69) is 5.32 Å². The summed E-state index contributed by atoms with van der Waals surface area (Å²) >= 11 is 0. The van der Waals surface area contributed by atoms with Crippen molar-refractivity contribution in [1.29, 1.82) is 0 Å². The Hall–Kier alpha value is -2.99. The molecule has 0 saturated carbocycles. The largest absolute Gasteiger partial charge is 0.469 e. The first-order chi connectivity index (χ1) is 13.9. The van der Waals surface area contributed by atoms with Gasteiger partial charge in [0.15, 0.2) is 0 Å². The van der Waals surface area contributed by atoms with Crippen LogP contribution >= 0.6 is 0 Å². The van der Waals surface area contributed by atoms with Crippen molar-refractivity contribution in [3.8, 4) is 0 Å². The van der Waals surface area contributed by atoms with Gasteiger partial charge in [0.2, 0.25) is 11.8 Å². The van der Waals surface area contributed by atoms with E-state index in [-0.39, 0.29) is 24.3 Å². The summed E-state index contributed by atoms with van der Waals surface area (Å²) in [6.07, 6.45) is 0.00861. The van der Waals surface area contributed by atoms with Gasteiger partial charge < -0.3 is 10.1 Å². The fourth-order valence-electron chi connectivity index (χ4n) is 4.66. The van der Waals surface area contributed by atoms with Crippen molar-refractivity contribution in [2.24, 2.45) is 11.8 Å². The Kier molecular flexibility index (Phi) is 4.74. The summed E-state index contributed by atoms with van der Waals surface area (Å²) in [5.41, 5.74) is 1.71. The van der Waals surface area contributed by atoms with Crippen molar-refractivity contribution in [2.75, 3.05) is 12.0 Å². The van der Waals surface area contributed by atoms with Crippen LogP contribution in [-0.2, 0) is 19.1 Å². The Labute approximate surface area is 169 Å². The minimum Gasteiger partial charge on any atom is -0.469 e. The van der Waals surface area contributed by atoms with Crippen molar-refractivity contribution in [3.63, 3.8) is 0 Å². The molecule has 0 radical (unpaired) electrons. The van der Waals surface area contributed by atoms with Gasteiger partial charge in [-0.25, -0.2) is 4.90 Å². The summed E-state index contributed by atoms with van der Waals surface area (Å²) in [6, 6.07) is 16.5. The Morgan fingerprint density at radius 3 is 2.34 bits per heavy atom. The van der Waals surface area contributed by atoms with Crippen molar-refractivity contribution in [2.45, 2.75) is 31.8 Å². The van der Waals surface area contributed by atoms with Crippen molar-refractivity contribution in [3.05, 3.63) is 65.7 Å². The topological polar surface area (TPSA) is 75.7 Å². The molecule has 6 nitrogen and oxygen atoms in total. The number of anilines is 1. The Morgan fingerprint density at radius 1 is 1.07 bits per heavy atom. The number of amides is 2. The molecule has 29 heavy (non-hydrogen) atoms. The standard InChI is InChI=1S/C23H24N2O4/c1-14-9-11-15(12-10-14)20-18-19(23(2,24-20)13-17(26)29-3)22(28)25(21(18)27)16-7-5-4-6-8-16/h4-12,18-20,24H,13H2,1-3H3/t18-,19-,20-,23+/m1/s1. The normalized spacial score (nSPS) is 28.5. The van der Waals surface area contributed by atoms with Crippen LogP contribution in [0.4, 0.5) is 5.69 Å². The number of fused-ring (bicyclic) bond motifs is 1. The lowest BCUT2D eigenvalue weighted by Crippen LogP contribution is -2.49. The summed E-state index contributed by atoms with van der Waals surface area (Å²) in [5, 5.41) is 3.43. The number of methoxy groups -OCH3 is 1. The second-order valence-electron chi connectivity index (χ2n) is 8.05. The molecular weight excluding hydrogens is 368 g/mol. The number of nitrogens with one attached hydrogen (secondary N) is 1. The maximum atomic E-state index is 13.4. The van der Waals surface area contributed by atoms with Gasteiger partial charge in [0.1, 0.15) is 0 Å². The highest BCUT2D eigenvalue weighted by Crippen LogP contribution is 2.50. The molecule has 0 unspecified atom stereocenters. The average molecular weight is 392 g/mol. The number of carbonyl (C=O) groups excluding carboxylic acids is 3. The first kappa shape index (κ1) is 19.3. The minimum absolute atomic E-state index is 0.00861. The van der Waals surface area contributed by atoms with Crippen LogP contribution in [-0.4, -0.2) is 30.4 Å². The number of hydrogen-bond acceptors (Lipinski definition) is 5. The van der Waals surface area contributed by atoms with Gasteiger partial charge in [-0.15, -0.1) is 0 Å². The second kappa shape index (κ2) is 7.12. The molecule has 0 bridgehead atoms. The predicted molar refractivity (Wildman–Crippen MR) is 108 cm³/mol. The highest BCUT2D eigenvalue weighted by atomic mass is 16.5. The number of esters is 1. The fraction of sp³-hybridized carbons (Fsp3) is 0.348. The van der Waals surface area contributed by atoms with E-state index in [9.17, 15) is 14.4 Å². The van der Waals surface area contributed by atoms with Crippen LogP contribution in [0.3, 0.4) is 0 Å². The molecule has 2 fully saturated rings. The maximum absolute atomic E-state index is 13.4. The highest BCUT2D eigenvalue weighted by Gasteiger charge is 2.64. The summed E-state index contributed by atoms with van der Waals surface area (Å²) in [6.45, 7) is 3.83. The molecule has 2 aliphatic rings. The molecule has 2 saturated heterocycles. The molecule has 2 aliphatic heterocycles. The van der Waals surface area contributed by atoms with E-state index in [0.29, 0.717) is 5.69 Å². The van der Waals surface area contributed by atoms with E-state index in [1.165, 1.54) is 12.0 Å². The van der Waals surface area contributed by atoms with E-state index < -0.39 is 23.3 Å². The number of rotatable bonds is 4. The number of imide groups is 1. The first-order valence-corrected chi connectivity index (χ1v) is 9.69. The lowest BCUT2D eigenvalue weighted by Gasteiger charge is -2.30. The third-order valence-corrected chi connectivity index (χ3v) is 6.07. The zero-order chi connectivity index (χ0) is 20.8. The summed E-state index contributed by atoms with van der Waals surface area (Å²) in [4.78, 5) is 40.3. The lowest BCUT2D eigenvalue weighted by molar-refractivity contribution is -0.142. The number of para-hydroxylation sites is 1. The Balaban J connectivity index is 1.79. The predicted octanol–water partition coefficient (Wildman–Crippen LogP) is 2.77. The minimum atomic E-state index is -0.885. The van der Waals surface area contributed by atoms with Crippen molar-refractivity contribution < 1.29 is 19.1 Å². The third-order valence-electron chi connectivity index (χ3n) is 6.07. The third kappa shape index (κ3) is 3.13. The summed E-state index contributed by atoms with van der Waals surface area (Å²) < 4.78 is 4.87. The van der Waals surface area contributed by atoms with Crippen LogP contribution < -0.4 is 10.2 Å². The van der Waals surface area contributed by atoms with Crippen LogP contribution in [0, 0.1) is 18.8 Å². The lowest BCUT2D eigenvalue weighted by atomic mass is 9.78. The van der Waals surface area contributed by atoms with Gasteiger partial charge in [0, 0.05) is 11.6 Å². The van der Waals surface area contributed by atoms with Crippen LogP contribution in [0.25, 0.3) is 0 Å². The molecule has 1 N–H and O–H groups in total. The molecule has 2 aromatic rings. The number of nitrogens with zero attached hydrogens (tertiary/aromatic N) is 1. The van der Waals surface area contributed by atoms with E-state index in [1.54, 1.807) is 24.3 Å². The van der Waals surface area contributed by atoms with Gasteiger partial charge in [-0.05, 0) is 31.5 Å². The molecule has 150 valence electrons. The van der Waals surface area contributed by atoms with Crippen LogP contribution in [0.1, 0.15) is 30.5 Å². The molecule has 0 aliphatic carbocycles. The highest BCUT2D eigenvalue weighted by molar-refractivity contribution is 6.23. The second-order valence-corrected chi connectivity index (χ2v) is 8.05. The van der Waals surface area contributed by atoms with Gasteiger partial charge in [-0.2, -0.15) is 0 Å². The zero-order valence-corrected chi connectivity index (χ0v) is 16.7. The molecule has 0 aromatic heterocycles. The van der Waals surface area contributed by atoms with Gasteiger partial charge in [-0.3, -0.25) is 14.4 Å².